The van der Waals surface area contributed by atoms with Crippen molar-refractivity contribution in [3.05, 3.63) is 48.0 Å². The van der Waals surface area contributed by atoms with Crippen LogP contribution in [0.4, 0.5) is 4.79 Å². The maximum Gasteiger partial charge on any atom is 0.325 e. The van der Waals surface area contributed by atoms with Crippen LogP contribution in [0.25, 0.3) is 10.8 Å². The Morgan fingerprint density at radius 2 is 1.76 bits per heavy atom. The Labute approximate surface area is 148 Å². The Hall–Kier alpha value is -2.36. The largest absolute Gasteiger partial charge is 0.325 e. The van der Waals surface area contributed by atoms with Crippen molar-refractivity contribution < 1.29 is 9.59 Å². The molecule has 2 aromatic rings. The molecule has 130 valence electrons. The van der Waals surface area contributed by atoms with E-state index in [9.17, 15) is 9.59 Å². The number of nitrogens with zero attached hydrogens (tertiary/aromatic N) is 1. The fraction of sp³-hybridized carbons (Fsp3) is 0.429. The Morgan fingerprint density at radius 1 is 1.04 bits per heavy atom. The van der Waals surface area contributed by atoms with E-state index in [4.69, 9.17) is 0 Å². The van der Waals surface area contributed by atoms with Gasteiger partial charge in [-0.05, 0) is 42.0 Å². The van der Waals surface area contributed by atoms with E-state index in [1.165, 1.54) is 24.2 Å². The molecule has 0 bridgehead atoms. The molecule has 1 N–H and O–H groups in total. The molecule has 1 aliphatic heterocycles. The van der Waals surface area contributed by atoms with E-state index in [2.05, 4.69) is 5.32 Å². The summed E-state index contributed by atoms with van der Waals surface area (Å²) in [5.74, 6) is 0.317. The second-order valence-corrected chi connectivity index (χ2v) is 7.50. The molecule has 2 fully saturated rings. The average Bonchev–Trinajstić information content (AvgIpc) is 2.86. The van der Waals surface area contributed by atoms with E-state index < -0.39 is 5.54 Å². The molecular formula is C21H24N2O2. The zero-order valence-corrected chi connectivity index (χ0v) is 14.6. The first kappa shape index (κ1) is 16.1. The van der Waals surface area contributed by atoms with Crippen LogP contribution in [0.5, 0.6) is 0 Å². The second kappa shape index (κ2) is 6.17. The molecule has 25 heavy (non-hydrogen) atoms. The zero-order valence-electron chi connectivity index (χ0n) is 14.6. The Bertz CT molecular complexity index is 820. The van der Waals surface area contributed by atoms with Crippen molar-refractivity contribution in [1.29, 1.82) is 0 Å². The molecule has 3 amide bonds. The zero-order chi connectivity index (χ0) is 17.4. The highest BCUT2D eigenvalue weighted by atomic mass is 16.2. The van der Waals surface area contributed by atoms with E-state index >= 15 is 0 Å². The lowest BCUT2D eigenvalue weighted by molar-refractivity contribution is -0.131. The number of benzene rings is 2. The monoisotopic (exact) mass is 336 g/mol. The summed E-state index contributed by atoms with van der Waals surface area (Å²) in [5.41, 5.74) is -0.123. The maximum absolute atomic E-state index is 13.2. The van der Waals surface area contributed by atoms with Crippen LogP contribution in [0.1, 0.15) is 44.6 Å². The fourth-order valence-corrected chi connectivity index (χ4v) is 4.33. The highest BCUT2D eigenvalue weighted by molar-refractivity contribution is 6.09. The summed E-state index contributed by atoms with van der Waals surface area (Å²) in [6.45, 7) is 2.38. The van der Waals surface area contributed by atoms with Crippen LogP contribution in [-0.2, 0) is 10.3 Å². The molecule has 1 heterocycles. The number of carbonyl (C=O) groups excluding carboxylic acids is 2. The normalized spacial score (nSPS) is 24.8. The van der Waals surface area contributed by atoms with Crippen molar-refractivity contribution in [2.75, 3.05) is 6.54 Å². The van der Waals surface area contributed by atoms with Crippen LogP contribution in [0, 0.1) is 5.92 Å². The summed E-state index contributed by atoms with van der Waals surface area (Å²) in [4.78, 5) is 27.2. The van der Waals surface area contributed by atoms with Gasteiger partial charge in [0.05, 0.1) is 0 Å². The molecule has 4 heteroatoms. The Kier molecular flexibility index (Phi) is 3.98. The van der Waals surface area contributed by atoms with E-state index in [0.29, 0.717) is 12.5 Å². The number of carbonyl (C=O) groups is 2. The summed E-state index contributed by atoms with van der Waals surface area (Å²) in [7, 11) is 0. The number of hydrogen-bond donors (Lipinski definition) is 1. The molecule has 0 aromatic heterocycles. The predicted molar refractivity (Wildman–Crippen MR) is 98.1 cm³/mol. The first-order chi connectivity index (χ1) is 12.1. The molecule has 4 rings (SSSR count). The molecule has 1 atom stereocenters. The summed E-state index contributed by atoms with van der Waals surface area (Å²) in [6, 6.07) is 13.7. The van der Waals surface area contributed by atoms with E-state index in [-0.39, 0.29) is 11.9 Å². The maximum atomic E-state index is 13.2. The fourth-order valence-electron chi connectivity index (χ4n) is 4.33. The van der Waals surface area contributed by atoms with Crippen LogP contribution in [0.3, 0.4) is 0 Å². The first-order valence-electron chi connectivity index (χ1n) is 9.22. The molecule has 0 radical (unpaired) electrons. The van der Waals surface area contributed by atoms with Gasteiger partial charge in [-0.3, -0.25) is 9.69 Å². The highest BCUT2D eigenvalue weighted by Crippen LogP contribution is 2.35. The topological polar surface area (TPSA) is 49.4 Å². The number of hydrogen-bond acceptors (Lipinski definition) is 2. The molecule has 1 aliphatic carbocycles. The third-order valence-corrected chi connectivity index (χ3v) is 5.77. The number of nitrogens with one attached hydrogen (secondary N) is 1. The predicted octanol–water partition coefficient (Wildman–Crippen LogP) is 4.19. The van der Waals surface area contributed by atoms with Gasteiger partial charge in [0, 0.05) is 6.54 Å². The third-order valence-electron chi connectivity index (χ3n) is 5.77. The van der Waals surface area contributed by atoms with Crippen LogP contribution >= 0.6 is 0 Å². The standard InChI is InChI=1S/C21H24N2O2/c1-21(18-13-7-11-16-10-5-6-12-17(16)18)19(24)23(20(25)22-21)14-15-8-3-2-4-9-15/h5-7,10-13,15H,2-4,8-9,14H2,1H3,(H,22,25)/t21-/m1/s1. The average molecular weight is 336 g/mol. The quantitative estimate of drug-likeness (QED) is 0.855. The van der Waals surface area contributed by atoms with Crippen molar-refractivity contribution in [3.63, 3.8) is 0 Å². The minimum Gasteiger partial charge on any atom is -0.319 e. The molecule has 0 spiro atoms. The summed E-state index contributed by atoms with van der Waals surface area (Å²) >= 11 is 0. The van der Waals surface area contributed by atoms with Crippen molar-refractivity contribution in [3.8, 4) is 0 Å². The van der Waals surface area contributed by atoms with Gasteiger partial charge in [0.15, 0.2) is 0 Å². The number of amides is 3. The van der Waals surface area contributed by atoms with E-state index in [1.54, 1.807) is 0 Å². The molecule has 1 saturated carbocycles. The minimum absolute atomic E-state index is 0.126. The molecule has 2 aromatic carbocycles. The number of imide groups is 1. The lowest BCUT2D eigenvalue weighted by Gasteiger charge is -2.27. The van der Waals surface area contributed by atoms with Gasteiger partial charge in [-0.25, -0.2) is 4.79 Å². The van der Waals surface area contributed by atoms with Gasteiger partial charge in [-0.15, -0.1) is 0 Å². The summed E-state index contributed by atoms with van der Waals surface area (Å²) in [5, 5.41) is 5.06. The SMILES string of the molecule is C[C@]1(c2cccc3ccccc23)NC(=O)N(CC2CCCCC2)C1=O. The van der Waals surface area contributed by atoms with Crippen LogP contribution < -0.4 is 5.32 Å². The first-order valence-corrected chi connectivity index (χ1v) is 9.22. The number of rotatable bonds is 3. The molecule has 1 saturated heterocycles. The van der Waals surface area contributed by atoms with Gasteiger partial charge >= 0.3 is 6.03 Å². The van der Waals surface area contributed by atoms with Crippen molar-refractivity contribution in [2.24, 2.45) is 5.92 Å². The van der Waals surface area contributed by atoms with Crippen molar-refractivity contribution in [2.45, 2.75) is 44.6 Å². The second-order valence-electron chi connectivity index (χ2n) is 7.50. The van der Waals surface area contributed by atoms with Gasteiger partial charge < -0.3 is 5.32 Å². The van der Waals surface area contributed by atoms with Crippen LogP contribution in [0.2, 0.25) is 0 Å². The molecule has 0 unspecified atom stereocenters. The Morgan fingerprint density at radius 3 is 2.56 bits per heavy atom. The van der Waals surface area contributed by atoms with Gasteiger partial charge in [0.25, 0.3) is 5.91 Å². The molecule has 2 aliphatic rings. The molecular weight excluding hydrogens is 312 g/mol. The number of urea groups is 1. The van der Waals surface area contributed by atoms with Crippen molar-refractivity contribution in [1.82, 2.24) is 10.2 Å². The van der Waals surface area contributed by atoms with Gasteiger partial charge in [0.2, 0.25) is 0 Å². The smallest absolute Gasteiger partial charge is 0.319 e. The summed E-state index contributed by atoms with van der Waals surface area (Å²) < 4.78 is 0. The highest BCUT2D eigenvalue weighted by Gasteiger charge is 2.49. The lowest BCUT2D eigenvalue weighted by atomic mass is 9.86. The summed E-state index contributed by atoms with van der Waals surface area (Å²) in [6.07, 6.45) is 5.90. The van der Waals surface area contributed by atoms with Gasteiger partial charge in [0.1, 0.15) is 5.54 Å². The number of fused-ring (bicyclic) bond motifs is 1. The third kappa shape index (κ3) is 2.70. The molecule has 4 nitrogen and oxygen atoms in total. The lowest BCUT2D eigenvalue weighted by Crippen LogP contribution is -2.41. The van der Waals surface area contributed by atoms with Crippen LogP contribution in [0.15, 0.2) is 42.5 Å². The van der Waals surface area contributed by atoms with Gasteiger partial charge in [-0.1, -0.05) is 61.7 Å². The van der Waals surface area contributed by atoms with E-state index in [0.717, 1.165) is 29.2 Å². The van der Waals surface area contributed by atoms with Gasteiger partial charge in [-0.2, -0.15) is 0 Å². The minimum atomic E-state index is -0.993. The Balaban J connectivity index is 1.67. The van der Waals surface area contributed by atoms with Crippen LogP contribution in [-0.4, -0.2) is 23.4 Å². The van der Waals surface area contributed by atoms with Crippen molar-refractivity contribution >= 4 is 22.7 Å². The van der Waals surface area contributed by atoms with E-state index in [1.807, 2.05) is 49.4 Å².